The number of carboxylic acids is 1. The van der Waals surface area contributed by atoms with Gasteiger partial charge in [0, 0.05) is 5.56 Å². The molecule has 10 heteroatoms. The maximum atomic E-state index is 12.8. The summed E-state index contributed by atoms with van der Waals surface area (Å²) < 4.78 is 76.9. The van der Waals surface area contributed by atoms with E-state index in [-0.39, 0.29) is 29.4 Å². The third-order valence-electron chi connectivity index (χ3n) is 3.26. The molecular weight excluding hydrogens is 368 g/mol. The van der Waals surface area contributed by atoms with E-state index in [1.54, 1.807) is 0 Å². The maximum Gasteiger partial charge on any atom is 0.416 e. The second kappa shape index (κ2) is 6.70. The summed E-state index contributed by atoms with van der Waals surface area (Å²) in [6, 6.07) is 5.36. The Balaban J connectivity index is 2.48. The third-order valence-corrected chi connectivity index (χ3v) is 3.26. The largest absolute Gasteiger partial charge is 0.478 e. The molecule has 0 saturated carbocycles. The minimum atomic E-state index is -5.10. The van der Waals surface area contributed by atoms with Crippen molar-refractivity contribution in [2.24, 2.45) is 0 Å². The van der Waals surface area contributed by atoms with Crippen molar-refractivity contribution in [3.8, 4) is 0 Å². The predicted molar refractivity (Wildman–Crippen MR) is 77.8 cm³/mol. The van der Waals surface area contributed by atoms with Crippen LogP contribution in [0.5, 0.6) is 0 Å². The zero-order chi connectivity index (χ0) is 19.7. The van der Waals surface area contributed by atoms with Crippen LogP contribution in [0.4, 0.5) is 32.0 Å². The van der Waals surface area contributed by atoms with Gasteiger partial charge in [0.2, 0.25) is 0 Å². The van der Waals surface area contributed by atoms with Gasteiger partial charge in [-0.3, -0.25) is 4.79 Å². The number of halogens is 6. The van der Waals surface area contributed by atoms with Crippen molar-refractivity contribution in [1.29, 1.82) is 0 Å². The molecule has 1 amide bonds. The van der Waals surface area contributed by atoms with E-state index in [9.17, 15) is 35.9 Å². The van der Waals surface area contributed by atoms with Gasteiger partial charge >= 0.3 is 18.3 Å². The summed E-state index contributed by atoms with van der Waals surface area (Å²) in [4.78, 5) is 23.2. The second-order valence-electron chi connectivity index (χ2n) is 5.10. The number of alkyl halides is 6. The van der Waals surface area contributed by atoms with Gasteiger partial charge in [-0.25, -0.2) is 4.79 Å². The highest BCUT2D eigenvalue weighted by Gasteiger charge is 2.37. The molecule has 0 aliphatic carbocycles. The summed E-state index contributed by atoms with van der Waals surface area (Å²) >= 11 is 0. The number of para-hydroxylation sites is 1. The molecule has 2 aromatic carbocycles. The molecule has 0 aromatic heterocycles. The SMILES string of the molecule is O=C(Nc1ccccc1C(=O)O)c1cc(C(F)(F)F)cc(C(F)(F)F)c1. The number of benzene rings is 2. The monoisotopic (exact) mass is 377 g/mol. The fourth-order valence-electron chi connectivity index (χ4n) is 2.06. The first-order chi connectivity index (χ1) is 11.9. The van der Waals surface area contributed by atoms with Gasteiger partial charge < -0.3 is 10.4 Å². The molecule has 0 atom stereocenters. The maximum absolute atomic E-state index is 12.8. The molecule has 26 heavy (non-hydrogen) atoms. The highest BCUT2D eigenvalue weighted by atomic mass is 19.4. The number of rotatable bonds is 3. The summed E-state index contributed by atoms with van der Waals surface area (Å²) in [6.45, 7) is 0. The van der Waals surface area contributed by atoms with Crippen molar-refractivity contribution in [1.82, 2.24) is 0 Å². The average molecular weight is 377 g/mol. The predicted octanol–water partition coefficient (Wildman–Crippen LogP) is 4.67. The van der Waals surface area contributed by atoms with Crippen LogP contribution < -0.4 is 5.32 Å². The number of anilines is 1. The van der Waals surface area contributed by atoms with Crippen molar-refractivity contribution in [2.75, 3.05) is 5.32 Å². The number of carbonyl (C=O) groups is 2. The van der Waals surface area contributed by atoms with Gasteiger partial charge in [-0.15, -0.1) is 0 Å². The van der Waals surface area contributed by atoms with Gasteiger partial charge in [0.15, 0.2) is 0 Å². The molecule has 2 N–H and O–H groups in total. The number of hydrogen-bond donors (Lipinski definition) is 2. The van der Waals surface area contributed by atoms with Crippen LogP contribution in [0.2, 0.25) is 0 Å². The van der Waals surface area contributed by atoms with Crippen molar-refractivity contribution < 1.29 is 41.0 Å². The molecular formula is C16H9F6NO3. The van der Waals surface area contributed by atoms with Crippen LogP contribution in [-0.4, -0.2) is 17.0 Å². The van der Waals surface area contributed by atoms with Gasteiger partial charge in [-0.1, -0.05) is 12.1 Å². The van der Waals surface area contributed by atoms with Crippen molar-refractivity contribution in [3.05, 3.63) is 64.7 Å². The van der Waals surface area contributed by atoms with E-state index >= 15 is 0 Å². The summed E-state index contributed by atoms with van der Waals surface area (Å²) in [5, 5.41) is 11.0. The van der Waals surface area contributed by atoms with Crippen LogP contribution in [0.3, 0.4) is 0 Å². The Morgan fingerprint density at radius 3 is 1.81 bits per heavy atom. The Morgan fingerprint density at radius 2 is 1.35 bits per heavy atom. The normalized spacial score (nSPS) is 11.9. The van der Waals surface area contributed by atoms with Crippen LogP contribution >= 0.6 is 0 Å². The van der Waals surface area contributed by atoms with E-state index in [0.717, 1.165) is 12.1 Å². The molecule has 0 aliphatic rings. The lowest BCUT2D eigenvalue weighted by atomic mass is 10.0. The Hall–Kier alpha value is -3.04. The number of hydrogen-bond acceptors (Lipinski definition) is 2. The first-order valence-corrected chi connectivity index (χ1v) is 6.83. The smallest absolute Gasteiger partial charge is 0.416 e. The van der Waals surface area contributed by atoms with E-state index < -0.39 is 40.9 Å². The van der Waals surface area contributed by atoms with Crippen LogP contribution in [0.25, 0.3) is 0 Å². The van der Waals surface area contributed by atoms with Crippen molar-refractivity contribution in [2.45, 2.75) is 12.4 Å². The van der Waals surface area contributed by atoms with Crippen molar-refractivity contribution in [3.63, 3.8) is 0 Å². The lowest BCUT2D eigenvalue weighted by Crippen LogP contribution is -2.18. The molecule has 0 saturated heterocycles. The van der Waals surface area contributed by atoms with Crippen LogP contribution in [0.1, 0.15) is 31.8 Å². The van der Waals surface area contributed by atoms with Gasteiger partial charge in [-0.05, 0) is 30.3 Å². The minimum Gasteiger partial charge on any atom is -0.478 e. The summed E-state index contributed by atoms with van der Waals surface area (Å²) in [5.74, 6) is -2.74. The molecule has 0 aliphatic heterocycles. The fraction of sp³-hybridized carbons (Fsp3) is 0.125. The first kappa shape index (κ1) is 19.3. The summed E-state index contributed by atoms with van der Waals surface area (Å²) in [7, 11) is 0. The molecule has 2 rings (SSSR count). The quantitative estimate of drug-likeness (QED) is 0.764. The number of carbonyl (C=O) groups excluding carboxylic acids is 1. The molecule has 2 aromatic rings. The van der Waals surface area contributed by atoms with Crippen LogP contribution in [0, 0.1) is 0 Å². The lowest BCUT2D eigenvalue weighted by Gasteiger charge is -2.14. The summed E-state index contributed by atoms with van der Waals surface area (Å²) in [5.41, 5.74) is -4.85. The molecule has 138 valence electrons. The zero-order valence-corrected chi connectivity index (χ0v) is 12.6. The van der Waals surface area contributed by atoms with Gasteiger partial charge in [0.1, 0.15) is 0 Å². The number of nitrogens with one attached hydrogen (secondary N) is 1. The molecule has 0 spiro atoms. The van der Waals surface area contributed by atoms with Crippen LogP contribution in [-0.2, 0) is 12.4 Å². The Morgan fingerprint density at radius 1 is 0.846 bits per heavy atom. The second-order valence-corrected chi connectivity index (χ2v) is 5.10. The number of aromatic carboxylic acids is 1. The lowest BCUT2D eigenvalue weighted by molar-refractivity contribution is -0.143. The standard InChI is InChI=1S/C16H9F6NO3/c17-15(18,19)9-5-8(6-10(7-9)16(20,21)22)13(24)23-12-4-2-1-3-11(12)14(25)26/h1-7H,(H,23,24)(H,25,26). The van der Waals surface area contributed by atoms with Crippen molar-refractivity contribution >= 4 is 17.6 Å². The summed E-state index contributed by atoms with van der Waals surface area (Å²) in [6.07, 6.45) is -10.2. The Bertz CT molecular complexity index is 826. The van der Waals surface area contributed by atoms with Gasteiger partial charge in [0.25, 0.3) is 5.91 Å². The van der Waals surface area contributed by atoms with E-state index in [1.807, 2.05) is 5.32 Å². The molecule has 0 fully saturated rings. The number of amides is 1. The van der Waals surface area contributed by atoms with E-state index in [4.69, 9.17) is 5.11 Å². The highest BCUT2D eigenvalue weighted by Crippen LogP contribution is 2.36. The Kier molecular flexibility index (Phi) is 4.97. The topological polar surface area (TPSA) is 66.4 Å². The molecule has 0 heterocycles. The van der Waals surface area contributed by atoms with Crippen LogP contribution in [0.15, 0.2) is 42.5 Å². The third kappa shape index (κ3) is 4.32. The molecule has 0 unspecified atom stereocenters. The zero-order valence-electron chi connectivity index (χ0n) is 12.6. The highest BCUT2D eigenvalue weighted by molar-refractivity contribution is 6.07. The average Bonchev–Trinajstić information content (AvgIpc) is 2.53. The first-order valence-electron chi connectivity index (χ1n) is 6.83. The number of carboxylic acid groups (broad SMARTS) is 1. The van der Waals surface area contributed by atoms with E-state index in [1.165, 1.54) is 12.1 Å². The molecule has 0 radical (unpaired) electrons. The molecule has 4 nitrogen and oxygen atoms in total. The van der Waals surface area contributed by atoms with E-state index in [0.29, 0.717) is 0 Å². The van der Waals surface area contributed by atoms with E-state index in [2.05, 4.69) is 0 Å². The Labute approximate surface area is 142 Å². The van der Waals surface area contributed by atoms with Gasteiger partial charge in [0.05, 0.1) is 22.4 Å². The molecule has 0 bridgehead atoms. The minimum absolute atomic E-state index is 0.109. The van der Waals surface area contributed by atoms with Gasteiger partial charge in [-0.2, -0.15) is 26.3 Å². The fourth-order valence-corrected chi connectivity index (χ4v) is 2.06.